The van der Waals surface area contributed by atoms with Crippen LogP contribution in [0.3, 0.4) is 0 Å². The van der Waals surface area contributed by atoms with Gasteiger partial charge in [0, 0.05) is 26.2 Å². The Hall–Kier alpha value is -2.77. The predicted octanol–water partition coefficient (Wildman–Crippen LogP) is 2.87. The maximum Gasteiger partial charge on any atom is 0.191 e. The number of morpholine rings is 1. The smallest absolute Gasteiger partial charge is 0.191 e. The SMILES string of the molecule is CCNC(=NCC(c1ccc(OC)cc1)N1CCOCC1)NCCc1ccccc1OC. The van der Waals surface area contributed by atoms with E-state index in [9.17, 15) is 0 Å². The van der Waals surface area contributed by atoms with Crippen LogP contribution >= 0.6 is 0 Å². The minimum atomic E-state index is 0.189. The van der Waals surface area contributed by atoms with Crippen LogP contribution < -0.4 is 20.1 Å². The summed E-state index contributed by atoms with van der Waals surface area (Å²) >= 11 is 0. The Bertz CT molecular complexity index is 835. The van der Waals surface area contributed by atoms with E-state index in [1.807, 2.05) is 30.3 Å². The number of nitrogens with zero attached hydrogens (tertiary/aromatic N) is 2. The second kappa shape index (κ2) is 12.9. The van der Waals surface area contributed by atoms with Gasteiger partial charge in [0.2, 0.25) is 0 Å². The topological polar surface area (TPSA) is 67.4 Å². The molecule has 1 unspecified atom stereocenters. The van der Waals surface area contributed by atoms with E-state index in [0.29, 0.717) is 6.54 Å². The molecule has 1 saturated heterocycles. The lowest BCUT2D eigenvalue weighted by Gasteiger charge is -2.34. The summed E-state index contributed by atoms with van der Waals surface area (Å²) in [4.78, 5) is 7.38. The summed E-state index contributed by atoms with van der Waals surface area (Å²) < 4.78 is 16.4. The molecule has 1 heterocycles. The molecule has 0 aromatic heterocycles. The highest BCUT2D eigenvalue weighted by atomic mass is 16.5. The van der Waals surface area contributed by atoms with E-state index in [1.165, 1.54) is 11.1 Å². The van der Waals surface area contributed by atoms with Gasteiger partial charge < -0.3 is 24.8 Å². The van der Waals surface area contributed by atoms with Crippen LogP contribution in [0.4, 0.5) is 0 Å². The molecule has 1 aliphatic heterocycles. The van der Waals surface area contributed by atoms with E-state index in [-0.39, 0.29) is 6.04 Å². The second-order valence-corrected chi connectivity index (χ2v) is 7.65. The van der Waals surface area contributed by atoms with E-state index >= 15 is 0 Å². The zero-order valence-corrected chi connectivity index (χ0v) is 19.5. The van der Waals surface area contributed by atoms with Crippen molar-refractivity contribution in [3.63, 3.8) is 0 Å². The van der Waals surface area contributed by atoms with Crippen molar-refractivity contribution in [1.29, 1.82) is 0 Å². The Labute approximate surface area is 191 Å². The van der Waals surface area contributed by atoms with Gasteiger partial charge in [-0.05, 0) is 42.7 Å². The lowest BCUT2D eigenvalue weighted by atomic mass is 10.0. The summed E-state index contributed by atoms with van der Waals surface area (Å²) in [7, 11) is 3.40. The van der Waals surface area contributed by atoms with Gasteiger partial charge in [0.25, 0.3) is 0 Å². The summed E-state index contributed by atoms with van der Waals surface area (Å²) in [6, 6.07) is 16.6. The molecule has 0 saturated carbocycles. The van der Waals surface area contributed by atoms with Crippen molar-refractivity contribution in [1.82, 2.24) is 15.5 Å². The highest BCUT2D eigenvalue weighted by Crippen LogP contribution is 2.24. The number of aliphatic imine (C=N–C) groups is 1. The number of hydrogen-bond acceptors (Lipinski definition) is 5. The number of nitrogens with one attached hydrogen (secondary N) is 2. The lowest BCUT2D eigenvalue weighted by molar-refractivity contribution is 0.0179. The summed E-state index contributed by atoms with van der Waals surface area (Å²) in [6.45, 7) is 7.66. The van der Waals surface area contributed by atoms with Crippen LogP contribution in [0.1, 0.15) is 24.1 Å². The normalized spacial score (nSPS) is 15.8. The lowest BCUT2D eigenvalue weighted by Crippen LogP contribution is -2.42. The van der Waals surface area contributed by atoms with Gasteiger partial charge in [-0.2, -0.15) is 0 Å². The Morgan fingerprint density at radius 1 is 1.03 bits per heavy atom. The first-order chi connectivity index (χ1) is 15.7. The molecule has 0 radical (unpaired) electrons. The molecule has 7 heteroatoms. The Morgan fingerprint density at radius 3 is 2.47 bits per heavy atom. The van der Waals surface area contributed by atoms with Crippen LogP contribution in [0.15, 0.2) is 53.5 Å². The molecule has 1 atom stereocenters. The highest BCUT2D eigenvalue weighted by Gasteiger charge is 2.22. The van der Waals surface area contributed by atoms with Gasteiger partial charge in [0.1, 0.15) is 11.5 Å². The summed E-state index contributed by atoms with van der Waals surface area (Å²) in [6.07, 6.45) is 0.861. The molecule has 0 bridgehead atoms. The fraction of sp³-hybridized carbons (Fsp3) is 0.480. The molecule has 1 fully saturated rings. The first kappa shape index (κ1) is 23.9. The van der Waals surface area contributed by atoms with Crippen molar-refractivity contribution in [3.05, 3.63) is 59.7 Å². The molecule has 174 valence electrons. The minimum absolute atomic E-state index is 0.189. The van der Waals surface area contributed by atoms with Crippen LogP contribution in [-0.2, 0) is 11.2 Å². The van der Waals surface area contributed by atoms with Gasteiger partial charge >= 0.3 is 0 Å². The van der Waals surface area contributed by atoms with Crippen LogP contribution in [0, 0.1) is 0 Å². The average Bonchev–Trinajstić information content (AvgIpc) is 2.85. The molecule has 7 nitrogen and oxygen atoms in total. The molecule has 0 amide bonds. The minimum Gasteiger partial charge on any atom is -0.497 e. The van der Waals surface area contributed by atoms with Crippen LogP contribution in [-0.4, -0.2) is 71.0 Å². The van der Waals surface area contributed by atoms with E-state index in [0.717, 1.165) is 63.3 Å². The van der Waals surface area contributed by atoms with Gasteiger partial charge in [0.15, 0.2) is 5.96 Å². The third-order valence-electron chi connectivity index (χ3n) is 5.63. The third-order valence-corrected chi connectivity index (χ3v) is 5.63. The first-order valence-electron chi connectivity index (χ1n) is 11.3. The number of methoxy groups -OCH3 is 2. The highest BCUT2D eigenvalue weighted by molar-refractivity contribution is 5.79. The number of hydrogen-bond donors (Lipinski definition) is 2. The summed E-state index contributed by atoms with van der Waals surface area (Å²) in [5, 5.41) is 6.84. The summed E-state index contributed by atoms with van der Waals surface area (Å²) in [5.74, 6) is 2.61. The van der Waals surface area contributed by atoms with E-state index in [2.05, 4.69) is 40.7 Å². The molecule has 2 aromatic carbocycles. The first-order valence-corrected chi connectivity index (χ1v) is 11.3. The molecule has 32 heavy (non-hydrogen) atoms. The van der Waals surface area contributed by atoms with Crippen LogP contribution in [0.5, 0.6) is 11.5 Å². The standard InChI is InChI=1S/C25H36N4O3/c1-4-26-25(27-14-13-21-7-5-6-8-24(21)31-3)28-19-23(29-15-17-32-18-16-29)20-9-11-22(30-2)12-10-20/h5-12,23H,4,13-19H2,1-3H3,(H2,26,27,28). The number of ether oxygens (including phenoxy) is 3. The fourth-order valence-corrected chi connectivity index (χ4v) is 3.89. The molecule has 2 aromatic rings. The molecule has 0 spiro atoms. The zero-order valence-electron chi connectivity index (χ0n) is 19.5. The third kappa shape index (κ3) is 6.87. The Balaban J connectivity index is 1.67. The summed E-state index contributed by atoms with van der Waals surface area (Å²) in [5.41, 5.74) is 2.42. The van der Waals surface area contributed by atoms with E-state index < -0.39 is 0 Å². The van der Waals surface area contributed by atoms with Gasteiger partial charge in [-0.3, -0.25) is 9.89 Å². The van der Waals surface area contributed by atoms with Gasteiger partial charge in [0.05, 0.1) is 40.0 Å². The Morgan fingerprint density at radius 2 is 1.78 bits per heavy atom. The quantitative estimate of drug-likeness (QED) is 0.438. The molecular formula is C25H36N4O3. The monoisotopic (exact) mass is 440 g/mol. The molecule has 0 aliphatic carbocycles. The van der Waals surface area contributed by atoms with Crippen molar-refractivity contribution < 1.29 is 14.2 Å². The number of benzene rings is 2. The van der Waals surface area contributed by atoms with Crippen molar-refractivity contribution in [2.24, 2.45) is 4.99 Å². The average molecular weight is 441 g/mol. The maximum absolute atomic E-state index is 5.57. The largest absolute Gasteiger partial charge is 0.497 e. The molecule has 1 aliphatic rings. The molecule has 3 rings (SSSR count). The van der Waals surface area contributed by atoms with Crippen molar-refractivity contribution in [2.75, 3.05) is 60.2 Å². The molecular weight excluding hydrogens is 404 g/mol. The van der Waals surface area contributed by atoms with Gasteiger partial charge in [-0.15, -0.1) is 0 Å². The number of para-hydroxylation sites is 1. The number of guanidine groups is 1. The molecule has 2 N–H and O–H groups in total. The Kier molecular flexibility index (Phi) is 9.65. The zero-order chi connectivity index (χ0) is 22.6. The van der Waals surface area contributed by atoms with Gasteiger partial charge in [-0.1, -0.05) is 30.3 Å². The fourth-order valence-electron chi connectivity index (χ4n) is 3.89. The van der Waals surface area contributed by atoms with Crippen molar-refractivity contribution >= 4 is 5.96 Å². The van der Waals surface area contributed by atoms with Crippen LogP contribution in [0.2, 0.25) is 0 Å². The van der Waals surface area contributed by atoms with E-state index in [4.69, 9.17) is 19.2 Å². The predicted molar refractivity (Wildman–Crippen MR) is 129 cm³/mol. The van der Waals surface area contributed by atoms with Crippen LogP contribution in [0.25, 0.3) is 0 Å². The number of rotatable bonds is 10. The van der Waals surface area contributed by atoms with Crippen molar-refractivity contribution in [3.8, 4) is 11.5 Å². The maximum atomic E-state index is 5.57. The second-order valence-electron chi connectivity index (χ2n) is 7.65. The van der Waals surface area contributed by atoms with Gasteiger partial charge in [-0.25, -0.2) is 0 Å². The van der Waals surface area contributed by atoms with Crippen molar-refractivity contribution in [2.45, 2.75) is 19.4 Å². The van der Waals surface area contributed by atoms with E-state index in [1.54, 1.807) is 14.2 Å².